The predicted molar refractivity (Wildman–Crippen MR) is 69.7 cm³/mol. The lowest BCUT2D eigenvalue weighted by atomic mass is 9.86. The molecule has 1 aliphatic carbocycles. The Kier molecular flexibility index (Phi) is 3.89. The first-order valence-electron chi connectivity index (χ1n) is 6.57. The molecule has 1 aliphatic rings. The molecule has 2 rings (SSSR count). The summed E-state index contributed by atoms with van der Waals surface area (Å²) in [5.74, 6) is 2.04. The molecule has 3 heteroatoms. The fourth-order valence-electron chi connectivity index (χ4n) is 3.02. The van der Waals surface area contributed by atoms with Crippen molar-refractivity contribution in [1.29, 1.82) is 0 Å². The summed E-state index contributed by atoms with van der Waals surface area (Å²) in [6, 6.07) is 4.09. The highest BCUT2D eigenvalue weighted by molar-refractivity contribution is 5.05. The average molecular weight is 236 g/mol. The number of hydrogen-bond donors (Lipinski definition) is 1. The molecule has 96 valence electrons. The molecule has 0 amide bonds. The van der Waals surface area contributed by atoms with Crippen LogP contribution in [0.5, 0.6) is 0 Å². The normalized spacial score (nSPS) is 19.1. The summed E-state index contributed by atoms with van der Waals surface area (Å²) in [5, 5.41) is 0. The number of aryl methyl sites for hydroxylation is 1. The van der Waals surface area contributed by atoms with Crippen LogP contribution in [0.2, 0.25) is 0 Å². The minimum atomic E-state index is 0.358. The van der Waals surface area contributed by atoms with E-state index in [0.717, 1.165) is 31.2 Å². The van der Waals surface area contributed by atoms with Gasteiger partial charge in [0.1, 0.15) is 11.5 Å². The van der Waals surface area contributed by atoms with Crippen molar-refractivity contribution in [3.05, 3.63) is 23.7 Å². The van der Waals surface area contributed by atoms with Crippen molar-refractivity contribution in [2.24, 2.45) is 11.1 Å². The van der Waals surface area contributed by atoms with Crippen LogP contribution in [0.15, 0.2) is 16.5 Å². The molecule has 1 fully saturated rings. The molecule has 0 saturated heterocycles. The number of nitrogens with zero attached hydrogens (tertiary/aromatic N) is 1. The summed E-state index contributed by atoms with van der Waals surface area (Å²) in [7, 11) is 2.16. The second kappa shape index (κ2) is 5.23. The predicted octanol–water partition coefficient (Wildman–Crippen LogP) is 2.54. The van der Waals surface area contributed by atoms with Crippen molar-refractivity contribution in [3.63, 3.8) is 0 Å². The molecule has 0 atom stereocenters. The molecule has 3 nitrogen and oxygen atoms in total. The zero-order valence-electron chi connectivity index (χ0n) is 11.0. The van der Waals surface area contributed by atoms with Gasteiger partial charge in [-0.2, -0.15) is 0 Å². The molecule has 1 aromatic heterocycles. The van der Waals surface area contributed by atoms with Gasteiger partial charge in [-0.25, -0.2) is 0 Å². The summed E-state index contributed by atoms with van der Waals surface area (Å²) in [4.78, 5) is 2.34. The molecule has 0 bridgehead atoms. The molecule has 0 spiro atoms. The lowest BCUT2D eigenvalue weighted by molar-refractivity contribution is 0.170. The maximum Gasteiger partial charge on any atom is 0.118 e. The highest BCUT2D eigenvalue weighted by atomic mass is 16.3. The van der Waals surface area contributed by atoms with Gasteiger partial charge >= 0.3 is 0 Å². The van der Waals surface area contributed by atoms with Gasteiger partial charge in [-0.3, -0.25) is 4.90 Å². The highest BCUT2D eigenvalue weighted by Gasteiger charge is 2.33. The standard InChI is InChI=1S/C14H24N2O/c1-12-5-6-13(17-12)9-16(2)11-14(10-15)7-3-4-8-14/h5-6H,3-4,7-11,15H2,1-2H3. The van der Waals surface area contributed by atoms with E-state index >= 15 is 0 Å². The van der Waals surface area contributed by atoms with Gasteiger partial charge < -0.3 is 10.2 Å². The molecule has 0 aliphatic heterocycles. The van der Waals surface area contributed by atoms with Crippen LogP contribution in [0.3, 0.4) is 0 Å². The number of furan rings is 1. The maximum absolute atomic E-state index is 5.96. The molecule has 1 aromatic rings. The fourth-order valence-corrected chi connectivity index (χ4v) is 3.02. The van der Waals surface area contributed by atoms with Crippen LogP contribution in [0.4, 0.5) is 0 Å². The topological polar surface area (TPSA) is 42.4 Å². The Labute approximate surface area is 104 Å². The van der Waals surface area contributed by atoms with Crippen LogP contribution < -0.4 is 5.73 Å². The van der Waals surface area contributed by atoms with E-state index < -0.39 is 0 Å². The van der Waals surface area contributed by atoms with E-state index in [1.807, 2.05) is 13.0 Å². The molecule has 17 heavy (non-hydrogen) atoms. The van der Waals surface area contributed by atoms with E-state index in [1.54, 1.807) is 0 Å². The number of rotatable bonds is 5. The summed E-state index contributed by atoms with van der Waals surface area (Å²) in [6.07, 6.45) is 5.24. The van der Waals surface area contributed by atoms with Gasteiger partial charge in [-0.15, -0.1) is 0 Å². The van der Waals surface area contributed by atoms with Crippen molar-refractivity contribution in [1.82, 2.24) is 4.90 Å². The van der Waals surface area contributed by atoms with Gasteiger partial charge in [0.2, 0.25) is 0 Å². The molecule has 1 heterocycles. The van der Waals surface area contributed by atoms with Gasteiger partial charge in [-0.1, -0.05) is 12.8 Å². The maximum atomic E-state index is 5.96. The van der Waals surface area contributed by atoms with Crippen molar-refractivity contribution in [2.45, 2.75) is 39.2 Å². The third-order valence-electron chi connectivity index (χ3n) is 3.92. The van der Waals surface area contributed by atoms with E-state index in [2.05, 4.69) is 18.0 Å². The van der Waals surface area contributed by atoms with Crippen LogP contribution in [0.1, 0.15) is 37.2 Å². The van der Waals surface area contributed by atoms with Crippen LogP contribution in [0.25, 0.3) is 0 Å². The Hall–Kier alpha value is -0.800. The van der Waals surface area contributed by atoms with E-state index in [-0.39, 0.29) is 0 Å². The largest absolute Gasteiger partial charge is 0.465 e. The van der Waals surface area contributed by atoms with Crippen molar-refractivity contribution >= 4 is 0 Å². The van der Waals surface area contributed by atoms with E-state index in [1.165, 1.54) is 25.7 Å². The lowest BCUT2D eigenvalue weighted by Gasteiger charge is -2.32. The SMILES string of the molecule is Cc1ccc(CN(C)CC2(CN)CCCC2)o1. The molecule has 1 saturated carbocycles. The lowest BCUT2D eigenvalue weighted by Crippen LogP contribution is -2.38. The second-order valence-corrected chi connectivity index (χ2v) is 5.60. The monoisotopic (exact) mass is 236 g/mol. The summed E-state index contributed by atoms with van der Waals surface area (Å²) < 4.78 is 5.61. The van der Waals surface area contributed by atoms with Crippen LogP contribution >= 0.6 is 0 Å². The van der Waals surface area contributed by atoms with E-state index in [0.29, 0.717) is 5.41 Å². The van der Waals surface area contributed by atoms with Gasteiger partial charge in [0.05, 0.1) is 6.54 Å². The van der Waals surface area contributed by atoms with Crippen LogP contribution in [-0.2, 0) is 6.54 Å². The molecular weight excluding hydrogens is 212 g/mol. The highest BCUT2D eigenvalue weighted by Crippen LogP contribution is 2.37. The fraction of sp³-hybridized carbons (Fsp3) is 0.714. The number of nitrogens with two attached hydrogens (primary N) is 1. The molecule has 0 aromatic carbocycles. The van der Waals surface area contributed by atoms with Crippen molar-refractivity contribution < 1.29 is 4.42 Å². The average Bonchev–Trinajstić information content (AvgIpc) is 2.89. The zero-order chi connectivity index (χ0) is 12.3. The van der Waals surface area contributed by atoms with Crippen LogP contribution in [-0.4, -0.2) is 25.0 Å². The molecular formula is C14H24N2O. The smallest absolute Gasteiger partial charge is 0.118 e. The Balaban J connectivity index is 1.90. The quantitative estimate of drug-likeness (QED) is 0.854. The van der Waals surface area contributed by atoms with Gasteiger partial charge in [0.25, 0.3) is 0 Å². The van der Waals surface area contributed by atoms with Crippen LogP contribution in [0, 0.1) is 12.3 Å². The molecule has 0 radical (unpaired) electrons. The van der Waals surface area contributed by atoms with Gasteiger partial charge in [0, 0.05) is 6.54 Å². The Bertz CT molecular complexity index is 353. The first-order chi connectivity index (χ1) is 8.13. The molecule has 0 unspecified atom stereocenters. The van der Waals surface area contributed by atoms with Crippen molar-refractivity contribution in [2.75, 3.05) is 20.1 Å². The second-order valence-electron chi connectivity index (χ2n) is 5.60. The van der Waals surface area contributed by atoms with Crippen molar-refractivity contribution in [3.8, 4) is 0 Å². The Morgan fingerprint density at radius 3 is 2.59 bits per heavy atom. The van der Waals surface area contributed by atoms with Gasteiger partial charge in [-0.05, 0) is 50.9 Å². The summed E-state index contributed by atoms with van der Waals surface area (Å²) in [5.41, 5.74) is 6.32. The minimum absolute atomic E-state index is 0.358. The molecule has 2 N–H and O–H groups in total. The first-order valence-corrected chi connectivity index (χ1v) is 6.57. The third-order valence-corrected chi connectivity index (χ3v) is 3.92. The summed E-state index contributed by atoms with van der Waals surface area (Å²) >= 11 is 0. The minimum Gasteiger partial charge on any atom is -0.465 e. The Morgan fingerprint density at radius 1 is 1.35 bits per heavy atom. The zero-order valence-corrected chi connectivity index (χ0v) is 11.0. The van der Waals surface area contributed by atoms with E-state index in [4.69, 9.17) is 10.2 Å². The first kappa shape index (κ1) is 12.7. The number of hydrogen-bond acceptors (Lipinski definition) is 3. The third kappa shape index (κ3) is 3.11. The van der Waals surface area contributed by atoms with E-state index in [9.17, 15) is 0 Å². The Morgan fingerprint density at radius 2 is 2.06 bits per heavy atom. The van der Waals surface area contributed by atoms with Gasteiger partial charge in [0.15, 0.2) is 0 Å². The summed E-state index contributed by atoms with van der Waals surface area (Å²) in [6.45, 7) is 4.77.